The highest BCUT2D eigenvalue weighted by Crippen LogP contribution is 2.15. The maximum Gasteiger partial charge on any atom is 0.274 e. The number of nitrogens with zero attached hydrogens (tertiary/aromatic N) is 3. The first kappa shape index (κ1) is 12.7. The van der Waals surface area contributed by atoms with Crippen LogP contribution in [0.25, 0.3) is 5.69 Å². The quantitative estimate of drug-likeness (QED) is 0.850. The smallest absolute Gasteiger partial charge is 0.274 e. The van der Waals surface area contributed by atoms with E-state index >= 15 is 0 Å². The molecule has 2 heterocycles. The molecule has 0 atom stereocenters. The molecule has 3 rings (SSSR count). The van der Waals surface area contributed by atoms with Gasteiger partial charge in [-0.2, -0.15) is 5.10 Å². The number of anilines is 1. The SMILES string of the molecule is Nc1cccc(-n2ccc(C(=O)N3CCCCC3)n2)c1. The molecule has 1 amide bonds. The lowest BCUT2D eigenvalue weighted by Crippen LogP contribution is -2.35. The maximum atomic E-state index is 12.3. The van der Waals surface area contributed by atoms with Gasteiger partial charge in [0.1, 0.15) is 0 Å². The van der Waals surface area contributed by atoms with Gasteiger partial charge in [0.25, 0.3) is 5.91 Å². The second-order valence-corrected chi connectivity index (χ2v) is 5.09. The van der Waals surface area contributed by atoms with Crippen molar-refractivity contribution in [1.29, 1.82) is 0 Å². The lowest BCUT2D eigenvalue weighted by molar-refractivity contribution is 0.0718. The van der Waals surface area contributed by atoms with E-state index in [1.165, 1.54) is 6.42 Å². The van der Waals surface area contributed by atoms with Crippen LogP contribution in [-0.4, -0.2) is 33.7 Å². The number of hydrogen-bond acceptors (Lipinski definition) is 3. The number of piperidine rings is 1. The number of nitrogen functional groups attached to an aromatic ring is 1. The van der Waals surface area contributed by atoms with Crippen LogP contribution in [0.15, 0.2) is 36.5 Å². The number of carbonyl (C=O) groups is 1. The molecule has 104 valence electrons. The predicted molar refractivity (Wildman–Crippen MR) is 77.7 cm³/mol. The molecule has 5 nitrogen and oxygen atoms in total. The molecule has 2 aromatic rings. The van der Waals surface area contributed by atoms with Crippen LogP contribution in [0.1, 0.15) is 29.8 Å². The summed E-state index contributed by atoms with van der Waals surface area (Å²) in [6, 6.07) is 9.21. The van der Waals surface area contributed by atoms with Crippen LogP contribution in [-0.2, 0) is 0 Å². The third-order valence-electron chi connectivity index (χ3n) is 3.59. The van der Waals surface area contributed by atoms with E-state index < -0.39 is 0 Å². The zero-order chi connectivity index (χ0) is 13.9. The van der Waals surface area contributed by atoms with Crippen LogP contribution >= 0.6 is 0 Å². The van der Waals surface area contributed by atoms with E-state index in [-0.39, 0.29) is 5.91 Å². The second kappa shape index (κ2) is 5.36. The largest absolute Gasteiger partial charge is 0.399 e. The topological polar surface area (TPSA) is 64.2 Å². The average Bonchev–Trinajstić information content (AvgIpc) is 2.97. The zero-order valence-corrected chi connectivity index (χ0v) is 11.3. The second-order valence-electron chi connectivity index (χ2n) is 5.09. The number of amides is 1. The predicted octanol–water partition coefficient (Wildman–Crippen LogP) is 2.08. The summed E-state index contributed by atoms with van der Waals surface area (Å²) in [6.45, 7) is 1.67. The minimum atomic E-state index is 0.0207. The molecular formula is C15H18N4O. The summed E-state index contributed by atoms with van der Waals surface area (Å²) in [5.41, 5.74) is 7.80. The Bertz CT molecular complexity index is 614. The van der Waals surface area contributed by atoms with Gasteiger partial charge in [0, 0.05) is 25.0 Å². The first-order valence-corrected chi connectivity index (χ1v) is 6.95. The van der Waals surface area contributed by atoms with Crippen LogP contribution in [0.4, 0.5) is 5.69 Å². The summed E-state index contributed by atoms with van der Waals surface area (Å²) in [4.78, 5) is 14.2. The van der Waals surface area contributed by atoms with Gasteiger partial charge in [-0.25, -0.2) is 4.68 Å². The number of carbonyl (C=O) groups excluding carboxylic acids is 1. The molecule has 20 heavy (non-hydrogen) atoms. The van der Waals surface area contributed by atoms with Crippen molar-refractivity contribution < 1.29 is 4.79 Å². The molecule has 0 unspecified atom stereocenters. The van der Waals surface area contributed by atoms with E-state index in [1.807, 2.05) is 29.2 Å². The van der Waals surface area contributed by atoms with Crippen LogP contribution in [0, 0.1) is 0 Å². The number of aromatic nitrogens is 2. The molecule has 0 radical (unpaired) electrons. The Balaban J connectivity index is 1.81. The summed E-state index contributed by atoms with van der Waals surface area (Å²) < 4.78 is 1.69. The number of rotatable bonds is 2. The normalized spacial score (nSPS) is 15.3. The number of likely N-dealkylation sites (tertiary alicyclic amines) is 1. The third kappa shape index (κ3) is 2.52. The molecule has 1 aliphatic rings. The molecule has 0 saturated carbocycles. The fourth-order valence-corrected chi connectivity index (χ4v) is 2.51. The Morgan fingerprint density at radius 1 is 1.15 bits per heavy atom. The van der Waals surface area contributed by atoms with E-state index in [2.05, 4.69) is 5.10 Å². The van der Waals surface area contributed by atoms with Crippen molar-refractivity contribution >= 4 is 11.6 Å². The first-order valence-electron chi connectivity index (χ1n) is 6.95. The highest BCUT2D eigenvalue weighted by molar-refractivity contribution is 5.92. The summed E-state index contributed by atoms with van der Waals surface area (Å²) in [5.74, 6) is 0.0207. The van der Waals surface area contributed by atoms with Crippen molar-refractivity contribution in [3.8, 4) is 5.69 Å². The minimum Gasteiger partial charge on any atom is -0.399 e. The Morgan fingerprint density at radius 3 is 2.70 bits per heavy atom. The molecule has 1 fully saturated rings. The van der Waals surface area contributed by atoms with Gasteiger partial charge in [-0.1, -0.05) is 6.07 Å². The van der Waals surface area contributed by atoms with Gasteiger partial charge in [-0.3, -0.25) is 4.79 Å². The van der Waals surface area contributed by atoms with Gasteiger partial charge < -0.3 is 10.6 Å². The summed E-state index contributed by atoms with van der Waals surface area (Å²) in [5, 5.41) is 4.37. The summed E-state index contributed by atoms with van der Waals surface area (Å²) in [7, 11) is 0. The zero-order valence-electron chi connectivity index (χ0n) is 11.3. The van der Waals surface area contributed by atoms with Crippen molar-refractivity contribution in [2.75, 3.05) is 18.8 Å². The van der Waals surface area contributed by atoms with E-state index in [9.17, 15) is 4.79 Å². The van der Waals surface area contributed by atoms with Gasteiger partial charge in [0.15, 0.2) is 5.69 Å². The maximum absolute atomic E-state index is 12.3. The van der Waals surface area contributed by atoms with Crippen molar-refractivity contribution in [3.05, 3.63) is 42.2 Å². The standard InChI is InChI=1S/C15H18N4O/c16-12-5-4-6-13(11-12)19-10-7-14(17-19)15(20)18-8-2-1-3-9-18/h4-7,10-11H,1-3,8-9,16H2. The molecule has 0 spiro atoms. The van der Waals surface area contributed by atoms with Crippen molar-refractivity contribution in [3.63, 3.8) is 0 Å². The fraction of sp³-hybridized carbons (Fsp3) is 0.333. The summed E-state index contributed by atoms with van der Waals surface area (Å²) >= 11 is 0. The van der Waals surface area contributed by atoms with E-state index in [0.29, 0.717) is 11.4 Å². The van der Waals surface area contributed by atoms with Crippen molar-refractivity contribution in [1.82, 2.24) is 14.7 Å². The van der Waals surface area contributed by atoms with Crippen LogP contribution in [0.5, 0.6) is 0 Å². The van der Waals surface area contributed by atoms with Gasteiger partial charge in [0.05, 0.1) is 5.69 Å². The van der Waals surface area contributed by atoms with E-state index in [1.54, 1.807) is 16.9 Å². The van der Waals surface area contributed by atoms with Crippen molar-refractivity contribution in [2.24, 2.45) is 0 Å². The lowest BCUT2D eigenvalue weighted by Gasteiger charge is -2.25. The van der Waals surface area contributed by atoms with E-state index in [4.69, 9.17) is 5.73 Å². The first-order chi connectivity index (χ1) is 9.74. The van der Waals surface area contributed by atoms with Gasteiger partial charge in [0.2, 0.25) is 0 Å². The lowest BCUT2D eigenvalue weighted by atomic mass is 10.1. The number of nitrogens with two attached hydrogens (primary N) is 1. The Kier molecular flexibility index (Phi) is 3.41. The van der Waals surface area contributed by atoms with Crippen LogP contribution in [0.2, 0.25) is 0 Å². The van der Waals surface area contributed by atoms with Gasteiger partial charge in [-0.05, 0) is 43.5 Å². The molecule has 5 heteroatoms. The molecule has 0 aliphatic carbocycles. The number of hydrogen-bond donors (Lipinski definition) is 1. The van der Waals surface area contributed by atoms with Crippen LogP contribution < -0.4 is 5.73 Å². The minimum absolute atomic E-state index is 0.0207. The number of benzene rings is 1. The van der Waals surface area contributed by atoms with Crippen LogP contribution in [0.3, 0.4) is 0 Å². The van der Waals surface area contributed by atoms with E-state index in [0.717, 1.165) is 31.6 Å². The molecule has 2 N–H and O–H groups in total. The van der Waals surface area contributed by atoms with Gasteiger partial charge >= 0.3 is 0 Å². The highest BCUT2D eigenvalue weighted by atomic mass is 16.2. The molecule has 1 aromatic heterocycles. The Morgan fingerprint density at radius 2 is 1.95 bits per heavy atom. The molecule has 1 aliphatic heterocycles. The Labute approximate surface area is 118 Å². The van der Waals surface area contributed by atoms with Crippen molar-refractivity contribution in [2.45, 2.75) is 19.3 Å². The molecule has 1 aromatic carbocycles. The third-order valence-corrected chi connectivity index (χ3v) is 3.59. The van der Waals surface area contributed by atoms with Gasteiger partial charge in [-0.15, -0.1) is 0 Å². The Hall–Kier alpha value is -2.30. The fourth-order valence-electron chi connectivity index (χ4n) is 2.51. The molecule has 0 bridgehead atoms. The summed E-state index contributed by atoms with van der Waals surface area (Å²) in [6.07, 6.45) is 5.18. The molecular weight excluding hydrogens is 252 g/mol. The molecule has 1 saturated heterocycles. The average molecular weight is 270 g/mol. The highest BCUT2D eigenvalue weighted by Gasteiger charge is 2.20. The monoisotopic (exact) mass is 270 g/mol.